The molecule has 58 heavy (non-hydrogen) atoms. The maximum atomic E-state index is 14.3. The first-order valence-electron chi connectivity index (χ1n) is 20.6. The van der Waals surface area contributed by atoms with E-state index in [1.165, 1.54) is 61.0 Å². The zero-order valence-corrected chi connectivity index (χ0v) is 36.0. The van der Waals surface area contributed by atoms with Gasteiger partial charge in [-0.25, -0.2) is 14.1 Å². The number of rotatable bonds is 27. The standard InChI is InChI=1S/C41H61N6O9PS/c1-5-31(6-2)26-52-40(50)30(4)46-57(51,56-32-20-16-15-17-21-32)53-27-34-37(49)38(41(28-42,55-34)35-24-23-33-39(43)44-29-45-47(33)35)54-36(48)22-18-13-11-9-8-10-12-14-19-25-58-7-3/h15-17,20-21,23-24,29-31,34,37-38,49H,5-14,18-19,22,25-27H2,1-4H3,(H,46,51)(H2,43,44,45)/t30-,34-,37-,38-,41+,57?/m1/s1. The third-order valence-electron chi connectivity index (χ3n) is 10.3. The summed E-state index contributed by atoms with van der Waals surface area (Å²) in [4.78, 5) is 30.3. The second-order valence-electron chi connectivity index (χ2n) is 14.6. The fourth-order valence-electron chi connectivity index (χ4n) is 6.76. The molecule has 1 saturated heterocycles. The second-order valence-corrected chi connectivity index (χ2v) is 17.6. The molecule has 0 bridgehead atoms. The Labute approximate surface area is 346 Å². The second kappa shape index (κ2) is 23.8. The highest BCUT2D eigenvalue weighted by atomic mass is 32.2. The van der Waals surface area contributed by atoms with E-state index in [1.54, 1.807) is 36.4 Å². The smallest absolute Gasteiger partial charge is 0.459 e. The van der Waals surface area contributed by atoms with E-state index < -0.39 is 56.2 Å². The van der Waals surface area contributed by atoms with Crippen LogP contribution >= 0.6 is 19.5 Å². The molecule has 15 nitrogen and oxygen atoms in total. The van der Waals surface area contributed by atoms with E-state index >= 15 is 0 Å². The Balaban J connectivity index is 1.47. The number of nitrogen functional groups attached to an aromatic ring is 1. The van der Waals surface area contributed by atoms with Crippen LogP contribution in [0.4, 0.5) is 5.82 Å². The van der Waals surface area contributed by atoms with Gasteiger partial charge in [0.2, 0.25) is 5.60 Å². The van der Waals surface area contributed by atoms with Gasteiger partial charge in [-0.2, -0.15) is 27.2 Å². The number of nitrogens with one attached hydrogen (secondary N) is 1. The lowest BCUT2D eigenvalue weighted by Crippen LogP contribution is -2.44. The average molecular weight is 845 g/mol. The van der Waals surface area contributed by atoms with E-state index in [0.29, 0.717) is 11.9 Å². The van der Waals surface area contributed by atoms with Gasteiger partial charge >= 0.3 is 19.7 Å². The largest absolute Gasteiger partial charge is 0.464 e. The number of carbonyl (C=O) groups excluding carboxylic acids is 2. The van der Waals surface area contributed by atoms with Crippen LogP contribution in [0.2, 0.25) is 0 Å². The summed E-state index contributed by atoms with van der Waals surface area (Å²) in [6.45, 7) is 7.26. The third kappa shape index (κ3) is 13.1. The number of ether oxygens (including phenoxy) is 3. The van der Waals surface area contributed by atoms with Crippen molar-refractivity contribution in [3.05, 3.63) is 54.5 Å². The summed E-state index contributed by atoms with van der Waals surface area (Å²) in [6.07, 6.45) is 7.98. The minimum Gasteiger partial charge on any atom is -0.464 e. The van der Waals surface area contributed by atoms with Crippen molar-refractivity contribution in [2.45, 2.75) is 135 Å². The van der Waals surface area contributed by atoms with Crippen LogP contribution in [-0.2, 0) is 38.5 Å². The van der Waals surface area contributed by atoms with Gasteiger partial charge in [-0.15, -0.1) is 0 Å². The first-order chi connectivity index (χ1) is 28.0. The summed E-state index contributed by atoms with van der Waals surface area (Å²) < 4.78 is 45.0. The van der Waals surface area contributed by atoms with Crippen LogP contribution in [0.1, 0.15) is 110 Å². The maximum Gasteiger partial charge on any atom is 0.459 e. The lowest BCUT2D eigenvalue weighted by molar-refractivity contribution is -0.160. The molecule has 3 heterocycles. The van der Waals surface area contributed by atoms with E-state index in [-0.39, 0.29) is 36.2 Å². The van der Waals surface area contributed by atoms with Gasteiger partial charge in [0.05, 0.1) is 18.9 Å². The number of unbranched alkanes of at least 4 members (excludes halogenated alkanes) is 8. The number of nitrogens with zero attached hydrogens (tertiary/aromatic N) is 4. The summed E-state index contributed by atoms with van der Waals surface area (Å²) in [5, 5.41) is 29.5. The molecule has 3 aromatic rings. The molecule has 1 aliphatic heterocycles. The highest BCUT2D eigenvalue weighted by molar-refractivity contribution is 7.99. The van der Waals surface area contributed by atoms with Crippen LogP contribution in [0.15, 0.2) is 48.8 Å². The first kappa shape index (κ1) is 47.0. The molecule has 0 spiro atoms. The number of fused-ring (bicyclic) bond motifs is 1. The van der Waals surface area contributed by atoms with Gasteiger partial charge in [0, 0.05) is 6.42 Å². The topological polar surface area (TPSA) is 210 Å². The normalized spacial score (nSPS) is 20.7. The molecule has 1 fully saturated rings. The fourth-order valence-corrected chi connectivity index (χ4v) is 8.96. The van der Waals surface area contributed by atoms with Crippen molar-refractivity contribution < 1.29 is 42.5 Å². The molecule has 4 rings (SSSR count). The molecule has 320 valence electrons. The summed E-state index contributed by atoms with van der Waals surface area (Å²) in [5.74, 6) is 1.60. The summed E-state index contributed by atoms with van der Waals surface area (Å²) >= 11 is 1.99. The fraction of sp³-hybridized carbons (Fsp3) is 0.634. The molecule has 17 heteroatoms. The Morgan fingerprint density at radius 3 is 2.38 bits per heavy atom. The molecular formula is C41H61N6O9PS. The number of thioether (sulfide) groups is 1. The van der Waals surface area contributed by atoms with Crippen molar-refractivity contribution in [2.24, 2.45) is 5.92 Å². The number of benzene rings is 1. The number of hydrogen-bond acceptors (Lipinski definition) is 14. The highest BCUT2D eigenvalue weighted by Gasteiger charge is 2.60. The monoisotopic (exact) mass is 844 g/mol. The van der Waals surface area contributed by atoms with Gasteiger partial charge < -0.3 is 29.6 Å². The Hall–Kier alpha value is -3.71. The molecule has 1 aromatic carbocycles. The van der Waals surface area contributed by atoms with Crippen molar-refractivity contribution in [1.29, 1.82) is 5.26 Å². The number of aliphatic hydroxyl groups is 1. The SMILES string of the molecule is CCSCCCCCCCCCCCC(=O)O[C@@H]1[C@H](O)[C@@H](COP(=O)(N[C@H](C)C(=O)OCC(CC)CC)Oc2ccccc2)O[C@@]1(C#N)c1ccc2c(N)ncnn12. The summed E-state index contributed by atoms with van der Waals surface area (Å²) in [6, 6.07) is 12.3. The molecule has 0 saturated carbocycles. The number of nitrogens with two attached hydrogens (primary N) is 1. The van der Waals surface area contributed by atoms with Gasteiger partial charge in [-0.05, 0) is 61.5 Å². The van der Waals surface area contributed by atoms with Crippen LogP contribution < -0.4 is 15.3 Å². The lowest BCUT2D eigenvalue weighted by Gasteiger charge is -2.27. The number of hydrogen-bond donors (Lipinski definition) is 3. The number of aromatic nitrogens is 3. The zero-order chi connectivity index (χ0) is 42.0. The molecule has 4 N–H and O–H groups in total. The molecule has 0 amide bonds. The number of carbonyl (C=O) groups is 2. The molecular weight excluding hydrogens is 784 g/mol. The number of anilines is 1. The van der Waals surface area contributed by atoms with E-state index in [9.17, 15) is 24.5 Å². The van der Waals surface area contributed by atoms with Crippen molar-refractivity contribution in [3.63, 3.8) is 0 Å². The molecule has 2 aromatic heterocycles. The minimum absolute atomic E-state index is 0.0697. The Kier molecular flexibility index (Phi) is 19.3. The summed E-state index contributed by atoms with van der Waals surface area (Å²) in [5.41, 5.74) is 4.47. The predicted molar refractivity (Wildman–Crippen MR) is 223 cm³/mol. The summed E-state index contributed by atoms with van der Waals surface area (Å²) in [7, 11) is -4.41. The quantitative estimate of drug-likeness (QED) is 0.0385. The van der Waals surface area contributed by atoms with Crippen molar-refractivity contribution in [3.8, 4) is 11.8 Å². The van der Waals surface area contributed by atoms with Gasteiger partial charge in [0.25, 0.3) is 0 Å². The molecule has 6 atom stereocenters. The highest BCUT2D eigenvalue weighted by Crippen LogP contribution is 2.48. The van der Waals surface area contributed by atoms with Crippen LogP contribution in [-0.4, -0.2) is 80.7 Å². The number of esters is 2. The van der Waals surface area contributed by atoms with Gasteiger partial charge in [0.1, 0.15) is 41.9 Å². The average Bonchev–Trinajstić information content (AvgIpc) is 3.78. The van der Waals surface area contributed by atoms with Crippen LogP contribution in [0.3, 0.4) is 0 Å². The Bertz CT molecular complexity index is 1810. The van der Waals surface area contributed by atoms with Crippen LogP contribution in [0.25, 0.3) is 5.52 Å². The predicted octanol–water partition coefficient (Wildman–Crippen LogP) is 7.52. The van der Waals surface area contributed by atoms with Crippen LogP contribution in [0, 0.1) is 17.2 Å². The number of nitriles is 1. The van der Waals surface area contributed by atoms with E-state index in [1.807, 2.05) is 25.6 Å². The van der Waals surface area contributed by atoms with Gasteiger partial charge in [-0.1, -0.05) is 96.8 Å². The van der Waals surface area contributed by atoms with E-state index in [0.717, 1.165) is 38.5 Å². The number of aliphatic hydroxyl groups excluding tert-OH is 1. The van der Waals surface area contributed by atoms with E-state index in [2.05, 4.69) is 28.2 Å². The first-order valence-corrected chi connectivity index (χ1v) is 23.3. The van der Waals surface area contributed by atoms with Crippen molar-refractivity contribution in [1.82, 2.24) is 19.7 Å². The molecule has 0 radical (unpaired) electrons. The Morgan fingerprint density at radius 2 is 1.72 bits per heavy atom. The Morgan fingerprint density at radius 1 is 1.05 bits per heavy atom. The van der Waals surface area contributed by atoms with Crippen molar-refractivity contribution in [2.75, 3.05) is 30.5 Å². The van der Waals surface area contributed by atoms with Gasteiger partial charge in [0.15, 0.2) is 11.9 Å². The van der Waals surface area contributed by atoms with Gasteiger partial charge in [-0.3, -0.25) is 14.1 Å². The number of para-hydroxylation sites is 1. The zero-order valence-electron chi connectivity index (χ0n) is 34.3. The van der Waals surface area contributed by atoms with Crippen molar-refractivity contribution >= 4 is 42.8 Å². The molecule has 1 aliphatic rings. The minimum atomic E-state index is -4.41. The lowest BCUT2D eigenvalue weighted by atomic mass is 9.92. The molecule has 1 unspecified atom stereocenters. The third-order valence-corrected chi connectivity index (χ3v) is 12.9. The molecule has 0 aliphatic carbocycles. The maximum absolute atomic E-state index is 14.3. The van der Waals surface area contributed by atoms with E-state index in [4.69, 9.17) is 29.0 Å². The van der Waals surface area contributed by atoms with Crippen LogP contribution in [0.5, 0.6) is 5.75 Å².